The van der Waals surface area contributed by atoms with Crippen molar-refractivity contribution in [3.63, 3.8) is 0 Å². The van der Waals surface area contributed by atoms with Gasteiger partial charge in [0.05, 0.1) is 90.8 Å². The molecule has 59 heavy (non-hydrogen) atoms. The molecule has 336 valence electrons. The Morgan fingerprint density at radius 2 is 0.966 bits per heavy atom. The highest BCUT2D eigenvalue weighted by atomic mass is 32.2. The van der Waals surface area contributed by atoms with Crippen LogP contribution >= 0.6 is 23.5 Å². The molecule has 0 spiro atoms. The van der Waals surface area contributed by atoms with Crippen molar-refractivity contribution in [2.24, 2.45) is 5.41 Å². The largest absolute Gasteiger partial charge is 0.447 e. The Bertz CT molecular complexity index is 1310. The van der Waals surface area contributed by atoms with Gasteiger partial charge in [-0.1, -0.05) is 20.8 Å². The fourth-order valence-electron chi connectivity index (χ4n) is 4.24. The summed E-state index contributed by atoms with van der Waals surface area (Å²) >= 11 is 2.73. The van der Waals surface area contributed by atoms with Gasteiger partial charge in [-0.05, 0) is 37.5 Å². The lowest BCUT2D eigenvalue weighted by molar-refractivity contribution is -0.122. The minimum absolute atomic E-state index is 0.00358. The molecule has 1 aromatic carbocycles. The molecule has 0 atom stereocenters. The van der Waals surface area contributed by atoms with E-state index in [0.29, 0.717) is 95.6 Å². The van der Waals surface area contributed by atoms with Crippen molar-refractivity contribution in [3.8, 4) is 0 Å². The van der Waals surface area contributed by atoms with Crippen LogP contribution in [0.15, 0.2) is 18.2 Å². The van der Waals surface area contributed by atoms with E-state index in [2.05, 4.69) is 21.3 Å². The number of benzene rings is 1. The van der Waals surface area contributed by atoms with E-state index in [0.717, 1.165) is 0 Å². The van der Waals surface area contributed by atoms with Crippen molar-refractivity contribution < 1.29 is 66.7 Å². The second kappa shape index (κ2) is 34.4. The molecule has 0 aliphatic rings. The van der Waals surface area contributed by atoms with Crippen molar-refractivity contribution in [3.05, 3.63) is 23.8 Å². The van der Waals surface area contributed by atoms with Gasteiger partial charge in [-0.25, -0.2) is 4.79 Å². The molecule has 1 rings (SSSR count). The Balaban J connectivity index is 2.56. The SMILES string of the molecule is CC(=O)COCCOCCOCCSCC(=O)Nc1cc(NC(=O)CSCCOCCOCCOCC(C)=O)cc(C(=O)NCCNC(=O)OCCOCC(C)(C)C)c1. The number of hydrogen-bond donors (Lipinski definition) is 4. The summed E-state index contributed by atoms with van der Waals surface area (Å²) in [5.41, 5.74) is 0.800. The van der Waals surface area contributed by atoms with Crippen LogP contribution in [0.2, 0.25) is 0 Å². The molecule has 20 heteroatoms. The second-order valence-corrected chi connectivity index (χ2v) is 16.1. The number of ketones is 2. The van der Waals surface area contributed by atoms with Gasteiger partial charge < -0.3 is 59.2 Å². The Hall–Kier alpha value is -3.34. The minimum Gasteiger partial charge on any atom is -0.447 e. The summed E-state index contributed by atoms with van der Waals surface area (Å²) in [7, 11) is 0. The summed E-state index contributed by atoms with van der Waals surface area (Å²) in [4.78, 5) is 72.4. The number of amides is 4. The van der Waals surface area contributed by atoms with Crippen molar-refractivity contribution in [2.75, 3.05) is 146 Å². The molecule has 0 aliphatic carbocycles. The summed E-state index contributed by atoms with van der Waals surface area (Å²) in [5, 5.41) is 10.9. The Kier molecular flexibility index (Phi) is 31.3. The lowest BCUT2D eigenvalue weighted by Gasteiger charge is -2.17. The molecule has 0 aliphatic heterocycles. The Labute approximate surface area is 356 Å². The molecular formula is C39H64N4O14S2. The first-order chi connectivity index (χ1) is 28.2. The maximum Gasteiger partial charge on any atom is 0.407 e. The van der Waals surface area contributed by atoms with Crippen molar-refractivity contribution in [2.45, 2.75) is 34.6 Å². The number of nitrogens with one attached hydrogen (secondary N) is 4. The maximum absolute atomic E-state index is 13.1. The van der Waals surface area contributed by atoms with Gasteiger partial charge in [-0.15, -0.1) is 23.5 Å². The predicted molar refractivity (Wildman–Crippen MR) is 227 cm³/mol. The fraction of sp³-hybridized carbons (Fsp3) is 0.692. The Morgan fingerprint density at radius 3 is 1.42 bits per heavy atom. The van der Waals surface area contributed by atoms with Crippen LogP contribution in [-0.4, -0.2) is 171 Å². The molecule has 18 nitrogen and oxygen atoms in total. The number of rotatable bonds is 36. The third-order valence-electron chi connectivity index (χ3n) is 6.75. The number of alkyl carbamates (subject to hydrolysis) is 1. The molecule has 1 aromatic rings. The number of carbonyl (C=O) groups excluding carboxylic acids is 6. The van der Waals surface area contributed by atoms with Gasteiger partial charge in [0.2, 0.25) is 11.8 Å². The normalized spacial score (nSPS) is 11.2. The summed E-state index contributed by atoms with van der Waals surface area (Å²) in [6, 6.07) is 4.55. The highest BCUT2D eigenvalue weighted by molar-refractivity contribution is 8.00. The average molecular weight is 877 g/mol. The van der Waals surface area contributed by atoms with Gasteiger partial charge in [-0.3, -0.25) is 24.0 Å². The van der Waals surface area contributed by atoms with E-state index < -0.39 is 12.0 Å². The Morgan fingerprint density at radius 1 is 0.542 bits per heavy atom. The quantitative estimate of drug-likeness (QED) is 0.0712. The standard InChI is InChI=1S/C39H64N4O14S2/c1-30(44)25-54-14-12-50-8-10-52-18-20-58-27-35(46)42-33-22-32(37(48)40-6-7-41-38(49)57-17-16-56-29-39(3,4)5)23-34(24-33)43-36(47)28-59-21-19-53-11-9-51-13-15-55-26-31(2)45/h22-24H,6-21,25-29H2,1-5H3,(H,40,48)(H,41,49)(H,42,46)(H,43,47). The first-order valence-electron chi connectivity index (χ1n) is 19.4. The van der Waals surface area contributed by atoms with E-state index in [1.807, 2.05) is 20.8 Å². The van der Waals surface area contributed by atoms with Gasteiger partial charge in [0.1, 0.15) is 19.8 Å². The molecule has 0 fully saturated rings. The van der Waals surface area contributed by atoms with Crippen LogP contribution in [0, 0.1) is 5.41 Å². The van der Waals surface area contributed by atoms with Crippen LogP contribution in [-0.2, 0) is 57.1 Å². The minimum atomic E-state index is -0.640. The third kappa shape index (κ3) is 34.1. The van der Waals surface area contributed by atoms with Crippen molar-refractivity contribution in [1.82, 2.24) is 10.6 Å². The van der Waals surface area contributed by atoms with E-state index in [1.165, 1.54) is 49.5 Å². The number of Topliss-reactive ketones (excluding diaryl/α,β-unsaturated/α-hetero) is 2. The number of thioether (sulfide) groups is 2. The number of anilines is 2. The lowest BCUT2D eigenvalue weighted by Crippen LogP contribution is -2.35. The zero-order valence-electron chi connectivity index (χ0n) is 35.1. The van der Waals surface area contributed by atoms with Crippen molar-refractivity contribution >= 4 is 70.3 Å². The molecule has 0 aromatic heterocycles. The predicted octanol–water partition coefficient (Wildman–Crippen LogP) is 2.83. The van der Waals surface area contributed by atoms with Crippen LogP contribution in [0.1, 0.15) is 45.0 Å². The fourth-order valence-corrected chi connectivity index (χ4v) is 5.51. The highest BCUT2D eigenvalue weighted by Gasteiger charge is 2.14. The molecule has 4 N–H and O–H groups in total. The van der Waals surface area contributed by atoms with E-state index in [-0.39, 0.29) is 85.4 Å². The van der Waals surface area contributed by atoms with Gasteiger partial charge in [0.25, 0.3) is 5.91 Å². The van der Waals surface area contributed by atoms with Gasteiger partial charge in [0.15, 0.2) is 11.6 Å². The van der Waals surface area contributed by atoms with E-state index in [4.69, 9.17) is 37.9 Å². The topological polar surface area (TPSA) is 224 Å². The van der Waals surface area contributed by atoms with E-state index in [9.17, 15) is 28.8 Å². The van der Waals surface area contributed by atoms with Gasteiger partial charge in [-0.2, -0.15) is 0 Å². The van der Waals surface area contributed by atoms with E-state index >= 15 is 0 Å². The summed E-state index contributed by atoms with van der Waals surface area (Å²) < 4.78 is 42.6. The summed E-state index contributed by atoms with van der Waals surface area (Å²) in [6.07, 6.45) is -0.640. The maximum atomic E-state index is 13.1. The molecule has 0 radical (unpaired) electrons. The zero-order chi connectivity index (χ0) is 43.6. The molecule has 4 amide bonds. The van der Waals surface area contributed by atoms with Gasteiger partial charge >= 0.3 is 6.09 Å². The number of hydrogen-bond acceptors (Lipinski definition) is 16. The van der Waals surface area contributed by atoms with Crippen LogP contribution in [0.3, 0.4) is 0 Å². The van der Waals surface area contributed by atoms with Crippen LogP contribution in [0.5, 0.6) is 0 Å². The highest BCUT2D eigenvalue weighted by Crippen LogP contribution is 2.20. The first kappa shape index (κ1) is 53.7. The molecular weight excluding hydrogens is 813 g/mol. The van der Waals surface area contributed by atoms with Crippen LogP contribution in [0.25, 0.3) is 0 Å². The van der Waals surface area contributed by atoms with Crippen LogP contribution in [0.4, 0.5) is 16.2 Å². The molecule has 0 heterocycles. The van der Waals surface area contributed by atoms with Crippen molar-refractivity contribution in [1.29, 1.82) is 0 Å². The molecule has 0 saturated heterocycles. The first-order valence-corrected chi connectivity index (χ1v) is 21.7. The zero-order valence-corrected chi connectivity index (χ0v) is 36.7. The average Bonchev–Trinajstić information content (AvgIpc) is 3.16. The van der Waals surface area contributed by atoms with Gasteiger partial charge in [0, 0.05) is 41.5 Å². The number of ether oxygens (including phenoxy) is 8. The summed E-state index contributed by atoms with van der Waals surface area (Å²) in [6.45, 7) is 13.9. The molecule has 0 unspecified atom stereocenters. The smallest absolute Gasteiger partial charge is 0.407 e. The third-order valence-corrected chi connectivity index (χ3v) is 8.59. The lowest BCUT2D eigenvalue weighted by atomic mass is 9.99. The second-order valence-electron chi connectivity index (χ2n) is 13.9. The molecule has 0 saturated carbocycles. The van der Waals surface area contributed by atoms with E-state index in [1.54, 1.807) is 6.07 Å². The summed E-state index contributed by atoms with van der Waals surface area (Å²) in [5.74, 6) is 0.154. The number of carbonyl (C=O) groups is 6. The molecule has 0 bridgehead atoms. The monoisotopic (exact) mass is 876 g/mol. The van der Waals surface area contributed by atoms with Crippen LogP contribution < -0.4 is 21.3 Å².